The van der Waals surface area contributed by atoms with Gasteiger partial charge < -0.3 is 18.9 Å². The van der Waals surface area contributed by atoms with Crippen LogP contribution in [0.2, 0.25) is 0 Å². The van der Waals surface area contributed by atoms with E-state index in [1.54, 1.807) is 0 Å². The summed E-state index contributed by atoms with van der Waals surface area (Å²) in [5.41, 5.74) is 18.1. The molecule has 4 heterocycles. The molecule has 0 unspecified atom stereocenters. The summed E-state index contributed by atoms with van der Waals surface area (Å²) in [5.74, 6) is 0. The Bertz CT molecular complexity index is 4430. The molecular formula is C70H48N6. The van der Waals surface area contributed by atoms with Crippen LogP contribution in [-0.4, -0.2) is 9.13 Å². The van der Waals surface area contributed by atoms with Crippen LogP contribution < -0.4 is 9.80 Å². The van der Waals surface area contributed by atoms with Crippen LogP contribution in [0.1, 0.15) is 55.5 Å². The van der Waals surface area contributed by atoms with Crippen molar-refractivity contribution in [2.75, 3.05) is 9.80 Å². The average Bonchev–Trinajstić information content (AvgIpc) is 3.98. The van der Waals surface area contributed by atoms with Crippen LogP contribution in [0.3, 0.4) is 0 Å². The minimum Gasteiger partial charge on any atom is -0.309 e. The Balaban J connectivity index is 1.08. The maximum atomic E-state index is 10.9. The van der Waals surface area contributed by atoms with Crippen LogP contribution >= 0.6 is 0 Å². The summed E-state index contributed by atoms with van der Waals surface area (Å²) in [7, 11) is 0. The number of nitrogens with zero attached hydrogens (tertiary/aromatic N) is 6. The molecule has 0 amide bonds. The molecule has 0 radical (unpaired) electrons. The number of para-hydroxylation sites is 6. The number of hydrogen-bond donors (Lipinski definition) is 0. The number of anilines is 6. The number of nitriles is 1. The van der Waals surface area contributed by atoms with E-state index in [9.17, 15) is 5.26 Å². The highest BCUT2D eigenvalue weighted by molar-refractivity contribution is 6.26. The van der Waals surface area contributed by atoms with Gasteiger partial charge in [-0.15, -0.1) is 0 Å². The maximum absolute atomic E-state index is 10.9. The van der Waals surface area contributed by atoms with E-state index in [4.69, 9.17) is 6.57 Å². The van der Waals surface area contributed by atoms with Crippen molar-refractivity contribution in [2.45, 2.75) is 38.5 Å². The molecule has 2 aromatic heterocycles. The summed E-state index contributed by atoms with van der Waals surface area (Å²) < 4.78 is 4.80. The molecule has 0 bridgehead atoms. The van der Waals surface area contributed by atoms with Gasteiger partial charge in [-0.3, -0.25) is 0 Å². The Hall–Kier alpha value is -9.88. The molecule has 2 aliphatic heterocycles. The fraction of sp³-hybridized carbons (Fsp3) is 0.0857. The lowest BCUT2D eigenvalue weighted by Gasteiger charge is -2.44. The molecule has 0 atom stereocenters. The third kappa shape index (κ3) is 5.90. The first kappa shape index (κ1) is 43.7. The van der Waals surface area contributed by atoms with E-state index in [0.717, 1.165) is 99.9 Å². The Morgan fingerprint density at radius 1 is 0.368 bits per heavy atom. The molecule has 0 N–H and O–H groups in total. The standard InChI is InChI=1S/C70H48N6/c1-69(2)55-26-14-18-30-61(55)75(65-38-51-47-24-12-16-28-59(47)73(63(51)40-57(65)69)45-20-8-6-9-21-45)67-50-35-33-44(72-5)37-54(50)68(49-34-32-43(42-71)36-53(49)67)76-62-31-19-15-27-56(62)70(3,4)58-41-64-52(39-66(58)76)48-25-13-17-29-60(48)74(64)46-22-10-7-11-23-46/h6-41H,1-4H3. The van der Waals surface area contributed by atoms with Gasteiger partial charge in [0.15, 0.2) is 5.69 Å². The van der Waals surface area contributed by atoms with E-state index >= 15 is 0 Å². The molecule has 2 aliphatic rings. The summed E-state index contributed by atoms with van der Waals surface area (Å²) in [6.45, 7) is 17.9. The fourth-order valence-electron chi connectivity index (χ4n) is 13.3. The lowest BCUT2D eigenvalue weighted by atomic mass is 9.72. The van der Waals surface area contributed by atoms with E-state index in [0.29, 0.717) is 11.3 Å². The first-order valence-corrected chi connectivity index (χ1v) is 26.0. The zero-order valence-electron chi connectivity index (χ0n) is 42.5. The molecule has 0 aliphatic carbocycles. The second-order valence-electron chi connectivity index (χ2n) is 21.5. The van der Waals surface area contributed by atoms with Gasteiger partial charge in [-0.05, 0) is 119 Å². The summed E-state index contributed by atoms with van der Waals surface area (Å²) in [5, 5.41) is 19.4. The molecule has 358 valence electrons. The van der Waals surface area contributed by atoms with Gasteiger partial charge in [-0.25, -0.2) is 4.85 Å². The Morgan fingerprint density at radius 3 is 1.29 bits per heavy atom. The van der Waals surface area contributed by atoms with Gasteiger partial charge in [-0.2, -0.15) is 5.26 Å². The van der Waals surface area contributed by atoms with Crippen LogP contribution in [0.5, 0.6) is 0 Å². The quantitative estimate of drug-likeness (QED) is 0.130. The van der Waals surface area contributed by atoms with Gasteiger partial charge in [0.2, 0.25) is 0 Å². The average molecular weight is 973 g/mol. The van der Waals surface area contributed by atoms with Crippen molar-refractivity contribution in [1.82, 2.24) is 9.13 Å². The lowest BCUT2D eigenvalue weighted by molar-refractivity contribution is 0.632. The Labute approximate surface area is 440 Å². The maximum Gasteiger partial charge on any atom is 0.187 e. The van der Waals surface area contributed by atoms with E-state index in [2.05, 4.69) is 264 Å². The monoisotopic (exact) mass is 972 g/mol. The van der Waals surface area contributed by atoms with Crippen molar-refractivity contribution in [3.05, 3.63) is 258 Å². The smallest absolute Gasteiger partial charge is 0.187 e. The fourth-order valence-corrected chi connectivity index (χ4v) is 13.3. The molecule has 0 saturated heterocycles. The van der Waals surface area contributed by atoms with E-state index in [1.165, 1.54) is 33.0 Å². The van der Waals surface area contributed by atoms with Gasteiger partial charge in [0.1, 0.15) is 0 Å². The minimum atomic E-state index is -0.405. The highest BCUT2D eigenvalue weighted by atomic mass is 15.2. The number of fused-ring (bicyclic) bond motifs is 12. The van der Waals surface area contributed by atoms with E-state index in [1.807, 2.05) is 12.1 Å². The third-order valence-electron chi connectivity index (χ3n) is 16.8. The number of benzene rings is 11. The van der Waals surface area contributed by atoms with Crippen LogP contribution in [0.15, 0.2) is 218 Å². The summed E-state index contributed by atoms with van der Waals surface area (Å²) >= 11 is 0. The largest absolute Gasteiger partial charge is 0.309 e. The highest BCUT2D eigenvalue weighted by Crippen LogP contribution is 2.61. The van der Waals surface area contributed by atoms with E-state index < -0.39 is 10.8 Å². The van der Waals surface area contributed by atoms with Gasteiger partial charge in [0.05, 0.1) is 74.4 Å². The lowest BCUT2D eigenvalue weighted by Crippen LogP contribution is -2.31. The second-order valence-corrected chi connectivity index (χ2v) is 21.5. The number of rotatable bonds is 4. The molecule has 11 aromatic carbocycles. The summed E-state index contributed by atoms with van der Waals surface area (Å²) in [4.78, 5) is 9.07. The second kappa shape index (κ2) is 15.8. The predicted molar refractivity (Wildman–Crippen MR) is 315 cm³/mol. The van der Waals surface area contributed by atoms with Crippen LogP contribution in [0, 0.1) is 17.9 Å². The molecule has 6 nitrogen and oxygen atoms in total. The number of hydrogen-bond acceptors (Lipinski definition) is 3. The zero-order valence-corrected chi connectivity index (χ0v) is 42.5. The topological polar surface area (TPSA) is 44.5 Å². The SMILES string of the molecule is [C-]#[N+]c1ccc2c(N3c4ccccc4C(C)(C)c4cc5c(cc43)c3ccccc3n5-c3ccccc3)c3cc(C#N)ccc3c(N3c4ccccc4C(C)(C)c4cc5c(cc43)c3ccccc3n5-c3ccccc3)c2c1. The van der Waals surface area contributed by atoms with Crippen molar-refractivity contribution in [2.24, 2.45) is 0 Å². The number of aromatic nitrogens is 2. The van der Waals surface area contributed by atoms with Gasteiger partial charge >= 0.3 is 0 Å². The molecule has 76 heavy (non-hydrogen) atoms. The summed E-state index contributed by atoms with van der Waals surface area (Å²) in [6, 6.07) is 81.1. The minimum absolute atomic E-state index is 0.404. The summed E-state index contributed by atoms with van der Waals surface area (Å²) in [6.07, 6.45) is 0. The normalized spacial score (nSPS) is 14.2. The van der Waals surface area contributed by atoms with Gasteiger partial charge in [-0.1, -0.05) is 155 Å². The molecule has 0 saturated carbocycles. The first-order valence-electron chi connectivity index (χ1n) is 26.0. The first-order chi connectivity index (χ1) is 37.1. The molecule has 6 heteroatoms. The predicted octanol–water partition coefficient (Wildman–Crippen LogP) is 18.8. The molecular weight excluding hydrogens is 925 g/mol. The van der Waals surface area contributed by atoms with Crippen LogP contribution in [0.25, 0.3) is 81.4 Å². The van der Waals surface area contributed by atoms with Crippen LogP contribution in [-0.2, 0) is 10.8 Å². The van der Waals surface area contributed by atoms with Crippen molar-refractivity contribution >= 4 is 105 Å². The van der Waals surface area contributed by atoms with Gasteiger partial charge in [0, 0.05) is 59.9 Å². The molecule has 15 rings (SSSR count). The molecule has 0 spiro atoms. The van der Waals surface area contributed by atoms with Crippen molar-refractivity contribution in [1.29, 1.82) is 5.26 Å². The molecule has 13 aromatic rings. The Kier molecular flexibility index (Phi) is 9.09. The van der Waals surface area contributed by atoms with Crippen molar-refractivity contribution < 1.29 is 0 Å². The zero-order chi connectivity index (χ0) is 51.2. The van der Waals surface area contributed by atoms with Gasteiger partial charge in [0.25, 0.3) is 0 Å². The third-order valence-corrected chi connectivity index (χ3v) is 16.8. The highest BCUT2D eigenvalue weighted by Gasteiger charge is 2.42. The van der Waals surface area contributed by atoms with Crippen molar-refractivity contribution in [3.8, 4) is 17.4 Å². The Morgan fingerprint density at radius 2 is 0.803 bits per heavy atom. The van der Waals surface area contributed by atoms with Crippen molar-refractivity contribution in [3.63, 3.8) is 0 Å². The van der Waals surface area contributed by atoms with Crippen LogP contribution in [0.4, 0.5) is 39.8 Å². The van der Waals surface area contributed by atoms with E-state index in [-0.39, 0.29) is 0 Å². The molecule has 0 fully saturated rings.